The summed E-state index contributed by atoms with van der Waals surface area (Å²) in [5.74, 6) is 0.922. The number of anilines is 1. The molecule has 0 aliphatic heterocycles. The molecule has 0 atom stereocenters. The minimum absolute atomic E-state index is 0.0441. The lowest BCUT2D eigenvalue weighted by Crippen LogP contribution is -2.18. The van der Waals surface area contributed by atoms with Crippen LogP contribution in [0.4, 0.5) is 5.69 Å². The number of nitrogens with zero attached hydrogens (tertiary/aromatic N) is 2. The van der Waals surface area contributed by atoms with Crippen molar-refractivity contribution in [2.45, 2.75) is 25.3 Å². The lowest BCUT2D eigenvalue weighted by molar-refractivity contribution is 0.101. The van der Waals surface area contributed by atoms with E-state index in [1.807, 2.05) is 30.3 Å². The lowest BCUT2D eigenvalue weighted by atomic mass is 10.2. The molecule has 25 heavy (non-hydrogen) atoms. The fourth-order valence-corrected chi connectivity index (χ4v) is 2.63. The van der Waals surface area contributed by atoms with Crippen LogP contribution in [-0.4, -0.2) is 15.6 Å². The molecule has 0 unspecified atom stereocenters. The minimum Gasteiger partial charge on any atom is -0.360 e. The van der Waals surface area contributed by atoms with Crippen molar-refractivity contribution in [3.05, 3.63) is 82.1 Å². The normalized spacial score (nSPS) is 13.6. The predicted octanol–water partition coefficient (Wildman–Crippen LogP) is 3.01. The number of carbonyl (C=O) groups is 1. The molecular weight excluding hydrogens is 318 g/mol. The van der Waals surface area contributed by atoms with E-state index in [0.717, 1.165) is 24.2 Å². The lowest BCUT2D eigenvalue weighted by Gasteiger charge is -2.07. The number of pyridine rings is 1. The van der Waals surface area contributed by atoms with E-state index in [0.29, 0.717) is 23.8 Å². The van der Waals surface area contributed by atoms with E-state index < -0.39 is 0 Å². The van der Waals surface area contributed by atoms with Crippen molar-refractivity contribution in [1.29, 1.82) is 0 Å². The smallest absolute Gasteiger partial charge is 0.277 e. The van der Waals surface area contributed by atoms with Gasteiger partial charge in [-0.05, 0) is 36.6 Å². The molecule has 1 amide bonds. The number of benzene rings is 1. The van der Waals surface area contributed by atoms with Gasteiger partial charge in [0.05, 0.1) is 6.54 Å². The van der Waals surface area contributed by atoms with Crippen LogP contribution in [0.2, 0.25) is 0 Å². The second kappa shape index (κ2) is 6.39. The second-order valence-electron chi connectivity index (χ2n) is 6.21. The molecule has 1 aliphatic carbocycles. The van der Waals surface area contributed by atoms with Crippen LogP contribution in [0.3, 0.4) is 0 Å². The number of aromatic nitrogens is 2. The van der Waals surface area contributed by atoms with Crippen molar-refractivity contribution >= 4 is 11.6 Å². The van der Waals surface area contributed by atoms with Crippen LogP contribution < -0.4 is 10.9 Å². The standard InChI is InChI=1S/C19H17N3O3/c23-18-3-1-2-10-22(18)12-13-4-8-15(9-5-13)20-19(24)16-11-17(25-21-16)14-6-7-14/h1-5,8-11,14H,6-7,12H2,(H,20,24). The number of rotatable bonds is 5. The first-order chi connectivity index (χ1) is 12.2. The molecule has 1 N–H and O–H groups in total. The third kappa shape index (κ3) is 3.52. The maximum atomic E-state index is 12.2. The van der Waals surface area contributed by atoms with Crippen molar-refractivity contribution in [2.24, 2.45) is 0 Å². The Kier molecular flexibility index (Phi) is 3.93. The average molecular weight is 335 g/mol. The zero-order valence-electron chi connectivity index (χ0n) is 13.5. The Labute approximate surface area is 144 Å². The Hall–Kier alpha value is -3.15. The summed E-state index contributed by atoms with van der Waals surface area (Å²) in [7, 11) is 0. The summed E-state index contributed by atoms with van der Waals surface area (Å²) < 4.78 is 6.83. The molecule has 0 bridgehead atoms. The third-order valence-corrected chi connectivity index (χ3v) is 4.20. The van der Waals surface area contributed by atoms with E-state index in [1.165, 1.54) is 6.07 Å². The zero-order valence-corrected chi connectivity index (χ0v) is 13.5. The highest BCUT2D eigenvalue weighted by Crippen LogP contribution is 2.40. The third-order valence-electron chi connectivity index (χ3n) is 4.20. The Morgan fingerprint density at radius 1 is 1.20 bits per heavy atom. The first-order valence-electron chi connectivity index (χ1n) is 8.21. The van der Waals surface area contributed by atoms with Crippen LogP contribution in [-0.2, 0) is 6.54 Å². The van der Waals surface area contributed by atoms with Crippen LogP contribution in [0.5, 0.6) is 0 Å². The Balaban J connectivity index is 1.42. The Morgan fingerprint density at radius 3 is 2.72 bits per heavy atom. The highest BCUT2D eigenvalue weighted by atomic mass is 16.5. The van der Waals surface area contributed by atoms with Crippen LogP contribution in [0.25, 0.3) is 0 Å². The predicted molar refractivity (Wildman–Crippen MR) is 92.7 cm³/mol. The van der Waals surface area contributed by atoms with Crippen LogP contribution in [0.15, 0.2) is 64.0 Å². The molecule has 3 aromatic rings. The van der Waals surface area contributed by atoms with Gasteiger partial charge in [-0.1, -0.05) is 23.4 Å². The van der Waals surface area contributed by atoms with Gasteiger partial charge in [-0.15, -0.1) is 0 Å². The summed E-state index contributed by atoms with van der Waals surface area (Å²) in [4.78, 5) is 23.9. The van der Waals surface area contributed by atoms with Gasteiger partial charge in [0, 0.05) is 29.9 Å². The van der Waals surface area contributed by atoms with Gasteiger partial charge in [0.1, 0.15) is 5.76 Å². The van der Waals surface area contributed by atoms with Crippen molar-refractivity contribution < 1.29 is 9.32 Å². The molecule has 126 valence electrons. The van der Waals surface area contributed by atoms with E-state index in [1.54, 1.807) is 22.9 Å². The molecule has 4 rings (SSSR count). The van der Waals surface area contributed by atoms with Crippen molar-refractivity contribution in [1.82, 2.24) is 9.72 Å². The first kappa shape index (κ1) is 15.4. The van der Waals surface area contributed by atoms with Crippen molar-refractivity contribution in [3.8, 4) is 0 Å². The maximum absolute atomic E-state index is 12.2. The van der Waals surface area contributed by atoms with Gasteiger partial charge in [0.15, 0.2) is 5.69 Å². The summed E-state index contributed by atoms with van der Waals surface area (Å²) in [5.41, 5.74) is 1.90. The summed E-state index contributed by atoms with van der Waals surface area (Å²) >= 11 is 0. The van der Waals surface area contributed by atoms with Gasteiger partial charge in [-0.3, -0.25) is 9.59 Å². The van der Waals surface area contributed by atoms with Crippen LogP contribution in [0, 0.1) is 0 Å². The molecule has 1 fully saturated rings. The largest absolute Gasteiger partial charge is 0.360 e. The molecule has 0 spiro atoms. The summed E-state index contributed by atoms with van der Waals surface area (Å²) in [6.07, 6.45) is 3.95. The molecular formula is C19H17N3O3. The number of hydrogen-bond donors (Lipinski definition) is 1. The molecule has 6 heteroatoms. The van der Waals surface area contributed by atoms with Crippen molar-refractivity contribution in [3.63, 3.8) is 0 Å². The van der Waals surface area contributed by atoms with Gasteiger partial charge >= 0.3 is 0 Å². The molecule has 2 aromatic heterocycles. The van der Waals surface area contributed by atoms with Gasteiger partial charge in [0.25, 0.3) is 11.5 Å². The first-order valence-corrected chi connectivity index (χ1v) is 8.21. The number of hydrogen-bond acceptors (Lipinski definition) is 4. The van der Waals surface area contributed by atoms with Gasteiger partial charge in [-0.2, -0.15) is 0 Å². The van der Waals surface area contributed by atoms with E-state index in [2.05, 4.69) is 10.5 Å². The minimum atomic E-state index is -0.289. The average Bonchev–Trinajstić information content (AvgIpc) is 3.35. The van der Waals surface area contributed by atoms with Gasteiger partial charge < -0.3 is 14.4 Å². The highest BCUT2D eigenvalue weighted by molar-refractivity contribution is 6.02. The Bertz CT molecular complexity index is 952. The maximum Gasteiger partial charge on any atom is 0.277 e. The van der Waals surface area contributed by atoms with E-state index in [-0.39, 0.29) is 11.5 Å². The van der Waals surface area contributed by atoms with Crippen molar-refractivity contribution in [2.75, 3.05) is 5.32 Å². The molecule has 1 saturated carbocycles. The SMILES string of the molecule is O=C(Nc1ccc(Cn2ccccc2=O)cc1)c1cc(C2CC2)on1. The molecule has 1 aliphatic rings. The molecule has 6 nitrogen and oxygen atoms in total. The molecule has 0 radical (unpaired) electrons. The van der Waals surface area contributed by atoms with Gasteiger partial charge in [-0.25, -0.2) is 0 Å². The molecule has 1 aromatic carbocycles. The van der Waals surface area contributed by atoms with E-state index >= 15 is 0 Å². The number of amides is 1. The number of nitrogens with one attached hydrogen (secondary N) is 1. The second-order valence-corrected chi connectivity index (χ2v) is 6.21. The monoisotopic (exact) mass is 335 g/mol. The van der Waals surface area contributed by atoms with E-state index in [9.17, 15) is 9.59 Å². The Morgan fingerprint density at radius 2 is 2.00 bits per heavy atom. The topological polar surface area (TPSA) is 77.1 Å². The highest BCUT2D eigenvalue weighted by Gasteiger charge is 2.28. The summed E-state index contributed by atoms with van der Waals surface area (Å²) in [5, 5.41) is 6.63. The quantitative estimate of drug-likeness (QED) is 0.777. The zero-order chi connectivity index (χ0) is 17.2. The number of carbonyl (C=O) groups excluding carboxylic acids is 1. The van der Waals surface area contributed by atoms with Crippen LogP contribution in [0.1, 0.15) is 40.6 Å². The molecule has 0 saturated heterocycles. The fraction of sp³-hybridized carbons (Fsp3) is 0.211. The summed E-state index contributed by atoms with van der Waals surface area (Å²) in [6, 6.07) is 14.2. The molecule has 2 heterocycles. The summed E-state index contributed by atoms with van der Waals surface area (Å²) in [6.45, 7) is 0.488. The van der Waals surface area contributed by atoms with Gasteiger partial charge in [0.2, 0.25) is 0 Å². The fourth-order valence-electron chi connectivity index (χ4n) is 2.63. The van der Waals surface area contributed by atoms with E-state index in [4.69, 9.17) is 4.52 Å². The van der Waals surface area contributed by atoms with Crippen LogP contribution >= 0.6 is 0 Å².